The summed E-state index contributed by atoms with van der Waals surface area (Å²) in [4.78, 5) is 23.2. The highest BCUT2D eigenvalue weighted by Gasteiger charge is 2.54. The smallest absolute Gasteiger partial charge is 0.386 e. The van der Waals surface area contributed by atoms with Crippen LogP contribution in [0.2, 0.25) is 0 Å². The largest absolute Gasteiger partial charge is 0.544 e. The molecule has 7 heteroatoms. The van der Waals surface area contributed by atoms with Gasteiger partial charge < -0.3 is 18.0 Å². The summed E-state index contributed by atoms with van der Waals surface area (Å²) in [6.07, 6.45) is 1.15. The molecule has 0 radical (unpaired) electrons. The van der Waals surface area contributed by atoms with Crippen molar-refractivity contribution < 1.29 is 27.6 Å². The van der Waals surface area contributed by atoms with Gasteiger partial charge in [0.05, 0.1) is 5.57 Å². The lowest BCUT2D eigenvalue weighted by Gasteiger charge is -2.24. The number of carbonyl (C=O) groups is 2. The van der Waals surface area contributed by atoms with Crippen LogP contribution in [0.15, 0.2) is 10.8 Å². The Kier molecular flexibility index (Phi) is 4.58. The molecule has 0 bridgehead atoms. The van der Waals surface area contributed by atoms with Gasteiger partial charge in [0.1, 0.15) is 5.20 Å². The summed E-state index contributed by atoms with van der Waals surface area (Å²) in [6.45, 7) is 1.90. The van der Waals surface area contributed by atoms with E-state index in [9.17, 15) is 9.59 Å². The highest BCUT2D eigenvalue weighted by atomic mass is 28.4. The van der Waals surface area contributed by atoms with Gasteiger partial charge in [-0.3, -0.25) is 0 Å². The van der Waals surface area contributed by atoms with Gasteiger partial charge in [-0.1, -0.05) is 13.3 Å². The first-order valence-corrected chi connectivity index (χ1v) is 6.94. The number of esters is 2. The molecule has 0 amide bonds. The quantitative estimate of drug-likeness (QED) is 0.395. The highest BCUT2D eigenvalue weighted by Crippen LogP contribution is 2.30. The second-order valence-electron chi connectivity index (χ2n) is 3.45. The van der Waals surface area contributed by atoms with Gasteiger partial charge >= 0.3 is 20.7 Å². The van der Waals surface area contributed by atoms with Crippen molar-refractivity contribution in [2.45, 2.75) is 19.8 Å². The molecule has 96 valence electrons. The van der Waals surface area contributed by atoms with Crippen LogP contribution in [-0.4, -0.2) is 42.1 Å². The van der Waals surface area contributed by atoms with E-state index in [0.717, 1.165) is 0 Å². The number of carbonyl (C=O) groups excluding carboxylic acids is 2. The van der Waals surface area contributed by atoms with E-state index in [4.69, 9.17) is 13.3 Å². The Balaban J connectivity index is 3.29. The van der Waals surface area contributed by atoms with Crippen molar-refractivity contribution in [1.29, 1.82) is 0 Å². The lowest BCUT2D eigenvalue weighted by molar-refractivity contribution is -0.151. The second kappa shape index (κ2) is 5.54. The first-order chi connectivity index (χ1) is 8.06. The van der Waals surface area contributed by atoms with E-state index in [1.165, 1.54) is 21.3 Å². The zero-order valence-corrected chi connectivity index (χ0v) is 11.4. The SMILES string of the molecule is CCCC1=C([Si](OC)(OC)OC)C(=O)OC1=O. The molecule has 0 aromatic heterocycles. The molecule has 1 heterocycles. The fourth-order valence-electron chi connectivity index (χ4n) is 1.77. The van der Waals surface area contributed by atoms with Crippen molar-refractivity contribution in [2.75, 3.05) is 21.3 Å². The summed E-state index contributed by atoms with van der Waals surface area (Å²) in [6, 6.07) is 0. The Bertz CT molecular complexity index is 350. The molecule has 6 nitrogen and oxygen atoms in total. The summed E-state index contributed by atoms with van der Waals surface area (Å²) in [5.41, 5.74) is 0.301. The highest BCUT2D eigenvalue weighted by molar-refractivity contribution is 6.75. The van der Waals surface area contributed by atoms with Gasteiger partial charge in [0.15, 0.2) is 0 Å². The van der Waals surface area contributed by atoms with E-state index in [-0.39, 0.29) is 5.20 Å². The van der Waals surface area contributed by atoms with Crippen molar-refractivity contribution in [3.05, 3.63) is 10.8 Å². The van der Waals surface area contributed by atoms with Gasteiger partial charge in [-0.05, 0) is 6.42 Å². The molecule has 0 atom stereocenters. The van der Waals surface area contributed by atoms with Gasteiger partial charge in [-0.15, -0.1) is 0 Å². The average Bonchev–Trinajstić information content (AvgIpc) is 2.60. The number of ether oxygens (including phenoxy) is 1. The summed E-state index contributed by atoms with van der Waals surface area (Å²) in [7, 11) is 0.837. The van der Waals surface area contributed by atoms with Crippen LogP contribution < -0.4 is 0 Å². The molecular formula is C10H16O6Si. The van der Waals surface area contributed by atoms with E-state index in [1.807, 2.05) is 6.92 Å². The van der Waals surface area contributed by atoms with Crippen LogP contribution in [0, 0.1) is 0 Å². The molecule has 0 saturated heterocycles. The Morgan fingerprint density at radius 1 is 1.06 bits per heavy atom. The Morgan fingerprint density at radius 3 is 2.00 bits per heavy atom. The lowest BCUT2D eigenvalue weighted by Crippen LogP contribution is -2.47. The zero-order chi connectivity index (χ0) is 13.1. The van der Waals surface area contributed by atoms with Crippen LogP contribution in [0.5, 0.6) is 0 Å². The number of hydrogen-bond donors (Lipinski definition) is 0. The van der Waals surface area contributed by atoms with Crippen molar-refractivity contribution in [3.63, 3.8) is 0 Å². The molecule has 0 spiro atoms. The third kappa shape index (κ3) is 2.32. The van der Waals surface area contributed by atoms with Crippen LogP contribution in [0.4, 0.5) is 0 Å². The minimum absolute atomic E-state index is 0.122. The monoisotopic (exact) mass is 260 g/mol. The van der Waals surface area contributed by atoms with Crippen LogP contribution in [0.1, 0.15) is 19.8 Å². The molecule has 0 aliphatic carbocycles. The molecule has 17 heavy (non-hydrogen) atoms. The van der Waals surface area contributed by atoms with E-state index in [2.05, 4.69) is 4.74 Å². The summed E-state index contributed by atoms with van der Waals surface area (Å²) in [5.74, 6) is -1.36. The molecule has 1 aliphatic heterocycles. The maximum absolute atomic E-state index is 11.7. The first kappa shape index (κ1) is 14.0. The molecule has 0 aromatic carbocycles. The van der Waals surface area contributed by atoms with Gasteiger partial charge in [-0.2, -0.15) is 0 Å². The fourth-order valence-corrected chi connectivity index (χ4v) is 3.78. The molecule has 0 unspecified atom stereocenters. The normalized spacial score (nSPS) is 16.7. The van der Waals surface area contributed by atoms with Crippen LogP contribution in [-0.2, 0) is 27.6 Å². The Labute approximate surface area is 101 Å². The van der Waals surface area contributed by atoms with Crippen molar-refractivity contribution >= 4 is 20.7 Å². The molecule has 1 rings (SSSR count). The zero-order valence-electron chi connectivity index (χ0n) is 10.4. The number of rotatable bonds is 6. The predicted octanol–water partition coefficient (Wildman–Crippen LogP) is 0.584. The van der Waals surface area contributed by atoms with Gasteiger partial charge in [0, 0.05) is 21.3 Å². The second-order valence-corrected chi connectivity index (χ2v) is 6.29. The maximum atomic E-state index is 11.7. The standard InChI is InChI=1S/C10H16O6Si/c1-5-6-7-8(10(12)16-9(7)11)17(13-2,14-3)15-4/h5-6H2,1-4H3. The third-order valence-electron chi connectivity index (χ3n) is 2.55. The van der Waals surface area contributed by atoms with E-state index in [0.29, 0.717) is 18.4 Å². The lowest BCUT2D eigenvalue weighted by atomic mass is 10.1. The molecular weight excluding hydrogens is 244 g/mol. The summed E-state index contributed by atoms with van der Waals surface area (Å²) >= 11 is 0. The molecule has 0 aromatic rings. The molecule has 0 N–H and O–H groups in total. The average molecular weight is 260 g/mol. The molecule has 1 aliphatic rings. The molecule has 0 fully saturated rings. The number of hydrogen-bond acceptors (Lipinski definition) is 6. The topological polar surface area (TPSA) is 71.1 Å². The minimum Gasteiger partial charge on any atom is -0.386 e. The molecule has 0 saturated carbocycles. The Morgan fingerprint density at radius 2 is 1.59 bits per heavy atom. The van der Waals surface area contributed by atoms with E-state index >= 15 is 0 Å². The first-order valence-electron chi connectivity index (χ1n) is 5.21. The summed E-state index contributed by atoms with van der Waals surface area (Å²) in [5, 5.41) is 0.122. The van der Waals surface area contributed by atoms with Crippen molar-refractivity contribution in [2.24, 2.45) is 0 Å². The minimum atomic E-state index is -3.31. The predicted molar refractivity (Wildman–Crippen MR) is 59.8 cm³/mol. The summed E-state index contributed by atoms with van der Waals surface area (Å²) < 4.78 is 20.2. The van der Waals surface area contributed by atoms with Crippen LogP contribution in [0.25, 0.3) is 0 Å². The van der Waals surface area contributed by atoms with Crippen molar-refractivity contribution in [3.8, 4) is 0 Å². The van der Waals surface area contributed by atoms with Crippen LogP contribution in [0.3, 0.4) is 0 Å². The van der Waals surface area contributed by atoms with Gasteiger partial charge in [0.2, 0.25) is 0 Å². The van der Waals surface area contributed by atoms with E-state index < -0.39 is 20.7 Å². The third-order valence-corrected chi connectivity index (χ3v) is 5.28. The van der Waals surface area contributed by atoms with Crippen molar-refractivity contribution in [1.82, 2.24) is 0 Å². The maximum Gasteiger partial charge on any atom is 0.544 e. The van der Waals surface area contributed by atoms with Gasteiger partial charge in [-0.25, -0.2) is 9.59 Å². The Hall–Kier alpha value is -1.02. The fraction of sp³-hybridized carbons (Fsp3) is 0.600. The number of cyclic esters (lactones) is 2. The van der Waals surface area contributed by atoms with Crippen LogP contribution >= 0.6 is 0 Å². The van der Waals surface area contributed by atoms with E-state index in [1.54, 1.807) is 0 Å². The van der Waals surface area contributed by atoms with Gasteiger partial charge in [0.25, 0.3) is 0 Å².